The normalized spacial score (nSPS) is 12.1. The Kier molecular flexibility index (Phi) is 11.9. The minimum absolute atomic E-state index is 0.0837. The fourth-order valence-electron chi connectivity index (χ4n) is 4.28. The molecule has 0 spiro atoms. The maximum Gasteiger partial charge on any atom is 0.244 e. The Labute approximate surface area is 262 Å². The molecule has 0 saturated carbocycles. The van der Waals surface area contributed by atoms with E-state index in [0.29, 0.717) is 22.2 Å². The summed E-state index contributed by atoms with van der Waals surface area (Å²) in [6, 6.07) is 17.6. The van der Waals surface area contributed by atoms with Crippen LogP contribution in [0.1, 0.15) is 25.0 Å². The zero-order valence-electron chi connectivity index (χ0n) is 23.8. The molecule has 1 atom stereocenters. The van der Waals surface area contributed by atoms with Crippen LogP contribution in [0.3, 0.4) is 0 Å². The molecule has 8 nitrogen and oxygen atoms in total. The Morgan fingerprint density at radius 1 is 0.952 bits per heavy atom. The van der Waals surface area contributed by atoms with Crippen LogP contribution in [0, 0.1) is 5.92 Å². The minimum atomic E-state index is -4.02. The summed E-state index contributed by atoms with van der Waals surface area (Å²) in [5, 5.41) is 3.78. The molecule has 1 N–H and O–H groups in total. The Balaban J connectivity index is 2.14. The molecule has 0 fully saturated rings. The molecule has 3 aromatic carbocycles. The molecule has 12 heteroatoms. The molecule has 0 unspecified atom stereocenters. The number of carbonyl (C=O) groups excluding carboxylic acids is 2. The quantitative estimate of drug-likeness (QED) is 0.250. The first-order chi connectivity index (χ1) is 19.8. The van der Waals surface area contributed by atoms with E-state index >= 15 is 0 Å². The lowest BCUT2D eigenvalue weighted by atomic mass is 10.0. The van der Waals surface area contributed by atoms with Crippen LogP contribution in [0.5, 0.6) is 5.75 Å². The van der Waals surface area contributed by atoms with Gasteiger partial charge in [-0.2, -0.15) is 0 Å². The zero-order chi connectivity index (χ0) is 31.0. The summed E-state index contributed by atoms with van der Waals surface area (Å²) in [7, 11) is -2.63. The van der Waals surface area contributed by atoms with E-state index < -0.39 is 34.4 Å². The van der Waals surface area contributed by atoms with E-state index in [2.05, 4.69) is 5.32 Å². The SMILES string of the molecule is COc1ccc(Cl)cc1N(CC(=O)N(Cc1c(Cl)cccc1Cl)[C@H](Cc1ccccc1)C(=O)NCC(C)C)S(C)(=O)=O. The van der Waals surface area contributed by atoms with Crippen molar-refractivity contribution in [3.63, 3.8) is 0 Å². The number of benzene rings is 3. The summed E-state index contributed by atoms with van der Waals surface area (Å²) in [5.41, 5.74) is 1.32. The van der Waals surface area contributed by atoms with Crippen LogP contribution in [-0.4, -0.2) is 57.6 Å². The summed E-state index contributed by atoms with van der Waals surface area (Å²) >= 11 is 19.2. The van der Waals surface area contributed by atoms with Gasteiger partial charge >= 0.3 is 0 Å². The molecule has 3 rings (SSSR count). The van der Waals surface area contributed by atoms with Gasteiger partial charge in [0.25, 0.3) is 0 Å². The van der Waals surface area contributed by atoms with Gasteiger partial charge in [0.05, 0.1) is 19.1 Å². The van der Waals surface area contributed by atoms with Gasteiger partial charge in [-0.05, 0) is 41.8 Å². The van der Waals surface area contributed by atoms with E-state index in [0.717, 1.165) is 16.1 Å². The topological polar surface area (TPSA) is 96.0 Å². The monoisotopic (exact) mass is 653 g/mol. The predicted octanol–water partition coefficient (Wildman–Crippen LogP) is 5.83. The Bertz CT molecular complexity index is 1480. The first-order valence-corrected chi connectivity index (χ1v) is 16.1. The van der Waals surface area contributed by atoms with Crippen molar-refractivity contribution in [1.82, 2.24) is 10.2 Å². The van der Waals surface area contributed by atoms with Crippen LogP contribution in [0.15, 0.2) is 66.7 Å². The highest BCUT2D eigenvalue weighted by atomic mass is 35.5. The number of amides is 2. The molecule has 2 amide bonds. The van der Waals surface area contributed by atoms with Gasteiger partial charge in [0.2, 0.25) is 21.8 Å². The molecule has 0 bridgehead atoms. The lowest BCUT2D eigenvalue weighted by molar-refractivity contribution is -0.140. The number of ether oxygens (including phenoxy) is 1. The van der Waals surface area contributed by atoms with Crippen LogP contribution < -0.4 is 14.4 Å². The van der Waals surface area contributed by atoms with Crippen LogP contribution in [0.4, 0.5) is 5.69 Å². The Morgan fingerprint density at radius 2 is 1.60 bits per heavy atom. The van der Waals surface area contributed by atoms with E-state index in [1.807, 2.05) is 44.2 Å². The molecule has 0 aliphatic rings. The predicted molar refractivity (Wildman–Crippen MR) is 169 cm³/mol. The van der Waals surface area contributed by atoms with Crippen LogP contribution in [-0.2, 0) is 32.6 Å². The van der Waals surface area contributed by atoms with E-state index in [-0.39, 0.29) is 35.3 Å². The van der Waals surface area contributed by atoms with Crippen molar-refractivity contribution in [2.75, 3.05) is 30.8 Å². The Hall–Kier alpha value is -2.98. The average Bonchev–Trinajstić information content (AvgIpc) is 2.93. The van der Waals surface area contributed by atoms with Crippen LogP contribution in [0.25, 0.3) is 0 Å². The molecule has 42 heavy (non-hydrogen) atoms. The third kappa shape index (κ3) is 9.01. The third-order valence-corrected chi connectivity index (χ3v) is 8.50. The zero-order valence-corrected chi connectivity index (χ0v) is 26.9. The lowest BCUT2D eigenvalue weighted by Gasteiger charge is -2.34. The van der Waals surface area contributed by atoms with Gasteiger partial charge in [0.15, 0.2) is 0 Å². The standard InChI is InChI=1S/C30H34Cl3N3O5S/c1-20(2)17-34-30(38)27(15-21-9-6-5-7-10-21)35(18-23-24(32)11-8-12-25(23)33)29(37)19-36(42(4,39)40)26-16-22(31)13-14-28(26)41-3/h5-14,16,20,27H,15,17-19H2,1-4H3,(H,34,38)/t27-/m1/s1. The maximum absolute atomic E-state index is 14.2. The molecule has 0 heterocycles. The fourth-order valence-corrected chi connectivity index (χ4v) is 5.81. The summed E-state index contributed by atoms with van der Waals surface area (Å²) in [5.74, 6) is -0.687. The number of rotatable bonds is 13. The third-order valence-electron chi connectivity index (χ3n) is 6.43. The highest BCUT2D eigenvalue weighted by molar-refractivity contribution is 7.92. The van der Waals surface area contributed by atoms with Crippen molar-refractivity contribution >= 4 is 62.3 Å². The van der Waals surface area contributed by atoms with Crippen LogP contribution >= 0.6 is 34.8 Å². The fraction of sp³-hybridized carbons (Fsp3) is 0.333. The second kappa shape index (κ2) is 15.0. The second-order valence-electron chi connectivity index (χ2n) is 10.2. The molecule has 0 aliphatic heterocycles. The number of halogens is 3. The lowest BCUT2D eigenvalue weighted by Crippen LogP contribution is -2.53. The van der Waals surface area contributed by atoms with Crippen molar-refractivity contribution in [1.29, 1.82) is 0 Å². The number of anilines is 1. The highest BCUT2D eigenvalue weighted by Crippen LogP contribution is 2.33. The maximum atomic E-state index is 14.2. The van der Waals surface area contributed by atoms with Crippen LogP contribution in [0.2, 0.25) is 15.1 Å². The Morgan fingerprint density at radius 3 is 2.17 bits per heavy atom. The molecule has 0 aliphatic carbocycles. The summed E-state index contributed by atoms with van der Waals surface area (Å²) in [6.07, 6.45) is 1.14. The molecule has 3 aromatic rings. The number of methoxy groups -OCH3 is 1. The largest absolute Gasteiger partial charge is 0.495 e. The molecular weight excluding hydrogens is 621 g/mol. The van der Waals surface area contributed by atoms with Gasteiger partial charge < -0.3 is 15.0 Å². The number of carbonyl (C=O) groups is 2. The summed E-state index contributed by atoms with van der Waals surface area (Å²) in [4.78, 5) is 29.3. The van der Waals surface area contributed by atoms with Crippen molar-refractivity contribution in [3.05, 3.63) is 92.9 Å². The van der Waals surface area contributed by atoms with Gasteiger partial charge in [-0.1, -0.05) is 85.0 Å². The van der Waals surface area contributed by atoms with Crippen molar-refractivity contribution < 1.29 is 22.7 Å². The van der Waals surface area contributed by atoms with Crippen molar-refractivity contribution in [2.24, 2.45) is 5.92 Å². The molecule has 226 valence electrons. The van der Waals surface area contributed by atoms with E-state index in [1.165, 1.54) is 24.1 Å². The van der Waals surface area contributed by atoms with Gasteiger partial charge in [-0.15, -0.1) is 0 Å². The van der Waals surface area contributed by atoms with Crippen molar-refractivity contribution in [2.45, 2.75) is 32.9 Å². The number of nitrogens with one attached hydrogen (secondary N) is 1. The van der Waals surface area contributed by atoms with Gasteiger partial charge in [-0.25, -0.2) is 8.42 Å². The van der Waals surface area contributed by atoms with Gasteiger partial charge in [-0.3, -0.25) is 13.9 Å². The molecule has 0 saturated heterocycles. The highest BCUT2D eigenvalue weighted by Gasteiger charge is 2.34. The molecular formula is C30H34Cl3N3O5S. The van der Waals surface area contributed by atoms with E-state index in [9.17, 15) is 18.0 Å². The van der Waals surface area contributed by atoms with E-state index in [4.69, 9.17) is 39.5 Å². The number of nitrogens with zero attached hydrogens (tertiary/aromatic N) is 2. The van der Waals surface area contributed by atoms with Crippen molar-refractivity contribution in [3.8, 4) is 5.75 Å². The average molecular weight is 655 g/mol. The second-order valence-corrected chi connectivity index (χ2v) is 13.3. The summed E-state index contributed by atoms with van der Waals surface area (Å²) < 4.78 is 32.4. The number of hydrogen-bond acceptors (Lipinski definition) is 5. The summed E-state index contributed by atoms with van der Waals surface area (Å²) in [6.45, 7) is 3.52. The van der Waals surface area contributed by atoms with E-state index in [1.54, 1.807) is 24.3 Å². The first kappa shape index (κ1) is 33.5. The molecule has 0 aromatic heterocycles. The molecule has 0 radical (unpaired) electrons. The van der Waals surface area contributed by atoms with Gasteiger partial charge in [0.1, 0.15) is 18.3 Å². The number of sulfonamides is 1. The first-order valence-electron chi connectivity index (χ1n) is 13.2. The smallest absolute Gasteiger partial charge is 0.244 e. The minimum Gasteiger partial charge on any atom is -0.495 e. The number of hydrogen-bond donors (Lipinski definition) is 1. The van der Waals surface area contributed by atoms with Gasteiger partial charge in [0, 0.05) is 40.1 Å².